The van der Waals surface area contributed by atoms with E-state index in [1.54, 1.807) is 35.7 Å². The van der Waals surface area contributed by atoms with Crippen molar-refractivity contribution < 1.29 is 24.3 Å². The summed E-state index contributed by atoms with van der Waals surface area (Å²) in [6, 6.07) is 12.4. The Balaban J connectivity index is 1.75. The van der Waals surface area contributed by atoms with E-state index >= 15 is 0 Å². The molecule has 1 aliphatic heterocycles. The number of benzene rings is 2. The Bertz CT molecular complexity index is 919. The van der Waals surface area contributed by atoms with E-state index in [9.17, 15) is 9.59 Å². The number of anilines is 1. The zero-order valence-electron chi connectivity index (χ0n) is 16.3. The van der Waals surface area contributed by atoms with E-state index in [1.165, 1.54) is 0 Å². The fourth-order valence-electron chi connectivity index (χ4n) is 4.14. The molecule has 2 aliphatic rings. The number of carbonyl (C=O) groups excluding carboxylic acids is 2. The molecule has 0 aromatic heterocycles. The minimum Gasteiger partial charge on any atom is -0.497 e. The molecule has 1 spiro atoms. The van der Waals surface area contributed by atoms with Crippen molar-refractivity contribution >= 4 is 17.5 Å². The summed E-state index contributed by atoms with van der Waals surface area (Å²) < 4.78 is 11.5. The summed E-state index contributed by atoms with van der Waals surface area (Å²) >= 11 is 0. The van der Waals surface area contributed by atoms with Crippen LogP contribution in [0.3, 0.4) is 0 Å². The predicted octanol–water partition coefficient (Wildman–Crippen LogP) is 3.44. The first-order valence-electron chi connectivity index (χ1n) is 9.79. The van der Waals surface area contributed by atoms with Gasteiger partial charge >= 0.3 is 0 Å². The van der Waals surface area contributed by atoms with E-state index in [2.05, 4.69) is 0 Å². The zero-order chi connectivity index (χ0) is 20.4. The summed E-state index contributed by atoms with van der Waals surface area (Å²) in [7, 11) is 1.61. The van der Waals surface area contributed by atoms with Crippen molar-refractivity contribution in [2.75, 3.05) is 12.0 Å². The van der Waals surface area contributed by atoms with Crippen LogP contribution in [0.15, 0.2) is 42.5 Å². The molecule has 1 fully saturated rings. The van der Waals surface area contributed by atoms with E-state index in [0.717, 1.165) is 30.6 Å². The second kappa shape index (κ2) is 7.75. The second-order valence-electron chi connectivity index (χ2n) is 7.52. The van der Waals surface area contributed by atoms with Gasteiger partial charge in [0.15, 0.2) is 5.60 Å². The first kappa shape index (κ1) is 19.3. The van der Waals surface area contributed by atoms with Crippen LogP contribution in [-0.4, -0.2) is 29.7 Å². The van der Waals surface area contributed by atoms with Gasteiger partial charge < -0.3 is 14.4 Å². The summed E-state index contributed by atoms with van der Waals surface area (Å²) in [5.74, 6) is 0.604. The van der Waals surface area contributed by atoms with Gasteiger partial charge in [0.25, 0.3) is 11.8 Å². The van der Waals surface area contributed by atoms with Crippen LogP contribution >= 0.6 is 0 Å². The predicted molar refractivity (Wildman–Crippen MR) is 106 cm³/mol. The molecule has 1 heterocycles. The minimum absolute atomic E-state index is 0.0814. The largest absolute Gasteiger partial charge is 0.497 e. The number of carbonyl (C=O) groups is 2. The van der Waals surface area contributed by atoms with E-state index in [-0.39, 0.29) is 11.5 Å². The Hall–Kier alpha value is -3.06. The van der Waals surface area contributed by atoms with Gasteiger partial charge in [-0.2, -0.15) is 0 Å². The Morgan fingerprint density at radius 1 is 1.17 bits per heavy atom. The van der Waals surface area contributed by atoms with Gasteiger partial charge in [-0.15, -0.1) is 0 Å². The molecule has 0 unspecified atom stereocenters. The monoisotopic (exact) mass is 396 g/mol. The van der Waals surface area contributed by atoms with Crippen molar-refractivity contribution in [3.63, 3.8) is 0 Å². The SMILES string of the molecule is COc1ccc(CN2C(=O)C3(CCCCC3)Oc3ccc(C(=O)NO)cc32)cc1. The molecule has 2 amide bonds. The van der Waals surface area contributed by atoms with Crippen LogP contribution in [0.25, 0.3) is 0 Å². The highest BCUT2D eigenvalue weighted by atomic mass is 16.5. The number of hydroxylamine groups is 1. The maximum Gasteiger partial charge on any atom is 0.274 e. The Labute approximate surface area is 169 Å². The van der Waals surface area contributed by atoms with Crippen LogP contribution in [0.2, 0.25) is 0 Å². The molecule has 29 heavy (non-hydrogen) atoms. The minimum atomic E-state index is -0.849. The summed E-state index contributed by atoms with van der Waals surface area (Å²) in [5.41, 5.74) is 2.51. The Morgan fingerprint density at radius 3 is 2.55 bits per heavy atom. The number of fused-ring (bicyclic) bond motifs is 1. The first-order valence-corrected chi connectivity index (χ1v) is 9.79. The number of ether oxygens (including phenoxy) is 2. The lowest BCUT2D eigenvalue weighted by molar-refractivity contribution is -0.138. The number of hydrogen-bond acceptors (Lipinski definition) is 5. The summed E-state index contributed by atoms with van der Waals surface area (Å²) in [4.78, 5) is 27.2. The van der Waals surface area contributed by atoms with Crippen molar-refractivity contribution in [2.45, 2.75) is 44.2 Å². The van der Waals surface area contributed by atoms with Crippen LogP contribution in [0.5, 0.6) is 11.5 Å². The van der Waals surface area contributed by atoms with Gasteiger partial charge in [-0.1, -0.05) is 18.6 Å². The molecule has 7 heteroatoms. The molecule has 2 aromatic rings. The summed E-state index contributed by atoms with van der Waals surface area (Å²) in [6.07, 6.45) is 4.36. The standard InChI is InChI=1S/C22H24N2O5/c1-28-17-8-5-15(6-9-17)14-24-18-13-16(20(25)23-27)7-10-19(18)29-22(21(24)26)11-3-2-4-12-22/h5-10,13,27H,2-4,11-12,14H2,1H3,(H,23,25). The summed E-state index contributed by atoms with van der Waals surface area (Å²) in [5, 5.41) is 8.97. The molecular formula is C22H24N2O5. The first-order chi connectivity index (χ1) is 14.1. The van der Waals surface area contributed by atoms with E-state index in [4.69, 9.17) is 14.7 Å². The molecule has 1 aliphatic carbocycles. The van der Waals surface area contributed by atoms with Gasteiger partial charge in [0, 0.05) is 5.56 Å². The zero-order valence-corrected chi connectivity index (χ0v) is 16.3. The number of rotatable bonds is 4. The Morgan fingerprint density at radius 2 is 1.90 bits per heavy atom. The molecule has 7 nitrogen and oxygen atoms in total. The molecule has 1 saturated carbocycles. The van der Waals surface area contributed by atoms with Crippen LogP contribution in [0, 0.1) is 0 Å². The number of nitrogens with one attached hydrogen (secondary N) is 1. The van der Waals surface area contributed by atoms with Crippen LogP contribution < -0.4 is 19.9 Å². The van der Waals surface area contributed by atoms with Crippen LogP contribution in [0.1, 0.15) is 48.0 Å². The normalized spacial score (nSPS) is 17.4. The van der Waals surface area contributed by atoms with Crippen LogP contribution in [0.4, 0.5) is 5.69 Å². The topological polar surface area (TPSA) is 88.1 Å². The quantitative estimate of drug-likeness (QED) is 0.611. The number of methoxy groups -OCH3 is 1. The van der Waals surface area contributed by atoms with Gasteiger partial charge in [-0.3, -0.25) is 14.8 Å². The number of nitrogens with zero attached hydrogens (tertiary/aromatic N) is 1. The highest BCUT2D eigenvalue weighted by molar-refractivity contribution is 6.04. The van der Waals surface area contributed by atoms with E-state index < -0.39 is 11.5 Å². The van der Waals surface area contributed by atoms with E-state index in [1.807, 2.05) is 24.3 Å². The van der Waals surface area contributed by atoms with Crippen molar-refractivity contribution in [1.82, 2.24) is 5.48 Å². The lowest BCUT2D eigenvalue weighted by Crippen LogP contribution is -2.56. The maximum atomic E-state index is 13.6. The van der Waals surface area contributed by atoms with E-state index in [0.29, 0.717) is 30.8 Å². The van der Waals surface area contributed by atoms with Gasteiger partial charge in [0.05, 0.1) is 19.3 Å². The molecule has 2 N–H and O–H groups in total. The molecular weight excluding hydrogens is 372 g/mol. The number of hydrogen-bond donors (Lipinski definition) is 2. The molecule has 4 rings (SSSR count). The smallest absolute Gasteiger partial charge is 0.274 e. The highest BCUT2D eigenvalue weighted by Gasteiger charge is 2.48. The third-order valence-corrected chi connectivity index (χ3v) is 5.71. The van der Waals surface area contributed by atoms with Gasteiger partial charge in [-0.05, 0) is 61.6 Å². The molecule has 152 valence electrons. The molecule has 0 radical (unpaired) electrons. The van der Waals surface area contributed by atoms with Gasteiger partial charge in [0.2, 0.25) is 0 Å². The Kier molecular flexibility index (Phi) is 5.15. The van der Waals surface area contributed by atoms with Crippen LogP contribution in [-0.2, 0) is 11.3 Å². The van der Waals surface area contributed by atoms with Crippen molar-refractivity contribution in [1.29, 1.82) is 0 Å². The van der Waals surface area contributed by atoms with Crippen molar-refractivity contribution in [2.24, 2.45) is 0 Å². The lowest BCUT2D eigenvalue weighted by Gasteiger charge is -2.44. The van der Waals surface area contributed by atoms with Crippen molar-refractivity contribution in [3.8, 4) is 11.5 Å². The molecule has 2 aromatic carbocycles. The number of amides is 2. The molecule has 0 atom stereocenters. The molecule has 0 bridgehead atoms. The molecule has 0 saturated heterocycles. The van der Waals surface area contributed by atoms with Gasteiger partial charge in [-0.25, -0.2) is 5.48 Å². The maximum absolute atomic E-state index is 13.6. The fourth-order valence-corrected chi connectivity index (χ4v) is 4.14. The highest BCUT2D eigenvalue weighted by Crippen LogP contribution is 2.44. The average Bonchev–Trinajstić information content (AvgIpc) is 2.77. The van der Waals surface area contributed by atoms with Gasteiger partial charge in [0.1, 0.15) is 11.5 Å². The third-order valence-electron chi connectivity index (χ3n) is 5.71. The third kappa shape index (κ3) is 3.53. The second-order valence-corrected chi connectivity index (χ2v) is 7.52. The fraction of sp³-hybridized carbons (Fsp3) is 0.364. The average molecular weight is 396 g/mol. The summed E-state index contributed by atoms with van der Waals surface area (Å²) in [6.45, 7) is 0.352. The van der Waals surface area contributed by atoms with Crippen molar-refractivity contribution in [3.05, 3.63) is 53.6 Å². The lowest BCUT2D eigenvalue weighted by atomic mass is 9.82.